The molecule has 0 aromatic carbocycles. The second kappa shape index (κ2) is 4.83. The molecule has 1 aromatic rings. The third-order valence-corrected chi connectivity index (χ3v) is 1.69. The SMILES string of the molecule is COc1ccc(NC(=O)NC(C)(C)C)cn1. The molecule has 0 fully saturated rings. The van der Waals surface area contributed by atoms with Crippen molar-refractivity contribution in [3.8, 4) is 5.88 Å². The molecule has 0 spiro atoms. The lowest BCUT2D eigenvalue weighted by atomic mass is 10.1. The first kappa shape index (κ1) is 12.3. The Morgan fingerprint density at radius 2 is 2.06 bits per heavy atom. The summed E-state index contributed by atoms with van der Waals surface area (Å²) >= 11 is 0. The Kier molecular flexibility index (Phi) is 3.71. The summed E-state index contributed by atoms with van der Waals surface area (Å²) in [5, 5.41) is 5.47. The summed E-state index contributed by atoms with van der Waals surface area (Å²) in [6.45, 7) is 5.75. The Morgan fingerprint density at radius 1 is 1.38 bits per heavy atom. The first-order chi connectivity index (χ1) is 7.40. The minimum absolute atomic E-state index is 0.250. The number of hydrogen-bond acceptors (Lipinski definition) is 3. The lowest BCUT2D eigenvalue weighted by molar-refractivity contribution is 0.244. The molecule has 16 heavy (non-hydrogen) atoms. The Balaban J connectivity index is 2.56. The van der Waals surface area contributed by atoms with Crippen LogP contribution in [0.5, 0.6) is 5.88 Å². The van der Waals surface area contributed by atoms with E-state index in [2.05, 4.69) is 15.6 Å². The van der Waals surface area contributed by atoms with Crippen molar-refractivity contribution in [1.29, 1.82) is 0 Å². The van der Waals surface area contributed by atoms with E-state index >= 15 is 0 Å². The summed E-state index contributed by atoms with van der Waals surface area (Å²) in [6.07, 6.45) is 1.54. The number of nitrogens with one attached hydrogen (secondary N) is 2. The number of ether oxygens (including phenoxy) is 1. The average molecular weight is 223 g/mol. The zero-order chi connectivity index (χ0) is 12.2. The molecule has 0 radical (unpaired) electrons. The van der Waals surface area contributed by atoms with Gasteiger partial charge in [-0.1, -0.05) is 0 Å². The van der Waals surface area contributed by atoms with Crippen molar-refractivity contribution in [2.24, 2.45) is 0 Å². The summed E-state index contributed by atoms with van der Waals surface area (Å²) in [4.78, 5) is 15.5. The van der Waals surface area contributed by atoms with Gasteiger partial charge in [0, 0.05) is 11.6 Å². The van der Waals surface area contributed by atoms with Crippen molar-refractivity contribution in [1.82, 2.24) is 10.3 Å². The van der Waals surface area contributed by atoms with Crippen LogP contribution < -0.4 is 15.4 Å². The number of amides is 2. The van der Waals surface area contributed by atoms with Gasteiger partial charge in [-0.25, -0.2) is 9.78 Å². The number of methoxy groups -OCH3 is 1. The van der Waals surface area contributed by atoms with Crippen LogP contribution in [0.4, 0.5) is 10.5 Å². The molecular weight excluding hydrogens is 206 g/mol. The summed E-state index contributed by atoms with van der Waals surface area (Å²) in [6, 6.07) is 3.17. The van der Waals surface area contributed by atoms with Gasteiger partial charge >= 0.3 is 6.03 Å². The van der Waals surface area contributed by atoms with Gasteiger partial charge in [-0.15, -0.1) is 0 Å². The second-order valence-corrected chi connectivity index (χ2v) is 4.42. The van der Waals surface area contributed by atoms with E-state index in [1.165, 1.54) is 0 Å². The minimum atomic E-state index is -0.260. The Hall–Kier alpha value is -1.78. The van der Waals surface area contributed by atoms with Gasteiger partial charge in [0.2, 0.25) is 5.88 Å². The molecule has 1 heterocycles. The maximum atomic E-state index is 11.5. The number of aromatic nitrogens is 1. The zero-order valence-corrected chi connectivity index (χ0v) is 10.00. The summed E-state index contributed by atoms with van der Waals surface area (Å²) in [7, 11) is 1.54. The van der Waals surface area contributed by atoms with Crippen LogP contribution >= 0.6 is 0 Å². The molecule has 0 aliphatic heterocycles. The molecule has 0 atom stereocenters. The maximum Gasteiger partial charge on any atom is 0.319 e. The highest BCUT2D eigenvalue weighted by Gasteiger charge is 2.13. The molecule has 0 aliphatic carbocycles. The van der Waals surface area contributed by atoms with Gasteiger partial charge in [-0.05, 0) is 26.8 Å². The predicted molar refractivity (Wildman–Crippen MR) is 62.7 cm³/mol. The van der Waals surface area contributed by atoms with Gasteiger partial charge in [-0.3, -0.25) is 0 Å². The van der Waals surface area contributed by atoms with Crippen LogP contribution in [0.15, 0.2) is 18.3 Å². The van der Waals surface area contributed by atoms with E-state index in [4.69, 9.17) is 4.74 Å². The fourth-order valence-electron chi connectivity index (χ4n) is 1.08. The van der Waals surface area contributed by atoms with Crippen LogP contribution in [0, 0.1) is 0 Å². The Bertz CT molecular complexity index is 354. The predicted octanol–water partition coefficient (Wildman–Crippen LogP) is 2.01. The van der Waals surface area contributed by atoms with E-state index in [0.29, 0.717) is 11.6 Å². The number of carbonyl (C=O) groups excluding carboxylic acids is 1. The Morgan fingerprint density at radius 3 is 2.50 bits per heavy atom. The molecule has 0 saturated carbocycles. The van der Waals surface area contributed by atoms with Gasteiger partial charge in [0.25, 0.3) is 0 Å². The lowest BCUT2D eigenvalue weighted by Gasteiger charge is -2.20. The quantitative estimate of drug-likeness (QED) is 0.806. The van der Waals surface area contributed by atoms with Crippen LogP contribution in [-0.2, 0) is 0 Å². The second-order valence-electron chi connectivity index (χ2n) is 4.42. The van der Waals surface area contributed by atoms with E-state index in [0.717, 1.165) is 0 Å². The van der Waals surface area contributed by atoms with Crippen LogP contribution in [0.1, 0.15) is 20.8 Å². The molecule has 2 N–H and O–H groups in total. The molecule has 5 heteroatoms. The van der Waals surface area contributed by atoms with Crippen molar-refractivity contribution in [3.05, 3.63) is 18.3 Å². The summed E-state index contributed by atoms with van der Waals surface area (Å²) in [5.74, 6) is 0.516. The minimum Gasteiger partial charge on any atom is -0.481 e. The third kappa shape index (κ3) is 4.16. The number of urea groups is 1. The topological polar surface area (TPSA) is 63.2 Å². The number of rotatable bonds is 2. The number of carbonyl (C=O) groups is 1. The van der Waals surface area contributed by atoms with Gasteiger partial charge in [-0.2, -0.15) is 0 Å². The molecule has 1 rings (SSSR count). The summed E-state index contributed by atoms with van der Waals surface area (Å²) in [5.41, 5.74) is 0.367. The standard InChI is InChI=1S/C11H17N3O2/c1-11(2,3)14-10(15)13-8-5-6-9(16-4)12-7-8/h5-7H,1-4H3,(H2,13,14,15). The van der Waals surface area contributed by atoms with Crippen molar-refractivity contribution in [2.45, 2.75) is 26.3 Å². The van der Waals surface area contributed by atoms with Crippen LogP contribution in [0.2, 0.25) is 0 Å². The molecule has 0 saturated heterocycles. The van der Waals surface area contributed by atoms with E-state index in [9.17, 15) is 4.79 Å². The normalized spacial score (nSPS) is 10.8. The number of anilines is 1. The van der Waals surface area contributed by atoms with Gasteiger partial charge < -0.3 is 15.4 Å². The van der Waals surface area contributed by atoms with Crippen LogP contribution in [0.25, 0.3) is 0 Å². The van der Waals surface area contributed by atoms with E-state index in [1.54, 1.807) is 25.4 Å². The molecule has 1 aromatic heterocycles. The Labute approximate surface area is 95.2 Å². The molecule has 0 aliphatic rings. The number of pyridine rings is 1. The van der Waals surface area contributed by atoms with Gasteiger partial charge in [0.1, 0.15) is 0 Å². The van der Waals surface area contributed by atoms with Crippen LogP contribution in [-0.4, -0.2) is 23.7 Å². The maximum absolute atomic E-state index is 11.5. The van der Waals surface area contributed by atoms with Crippen molar-refractivity contribution in [2.75, 3.05) is 12.4 Å². The molecule has 2 amide bonds. The van der Waals surface area contributed by atoms with Gasteiger partial charge in [0.05, 0.1) is 19.0 Å². The van der Waals surface area contributed by atoms with E-state index in [-0.39, 0.29) is 11.6 Å². The first-order valence-corrected chi connectivity index (χ1v) is 5.00. The third-order valence-electron chi connectivity index (χ3n) is 1.69. The fourth-order valence-corrected chi connectivity index (χ4v) is 1.08. The highest BCUT2D eigenvalue weighted by atomic mass is 16.5. The van der Waals surface area contributed by atoms with Crippen molar-refractivity contribution >= 4 is 11.7 Å². The van der Waals surface area contributed by atoms with Gasteiger partial charge in [0.15, 0.2) is 0 Å². The first-order valence-electron chi connectivity index (χ1n) is 5.00. The van der Waals surface area contributed by atoms with E-state index in [1.807, 2.05) is 20.8 Å². The molecular formula is C11H17N3O2. The lowest BCUT2D eigenvalue weighted by Crippen LogP contribution is -2.43. The van der Waals surface area contributed by atoms with Crippen molar-refractivity contribution < 1.29 is 9.53 Å². The molecule has 0 bridgehead atoms. The summed E-state index contributed by atoms with van der Waals surface area (Å²) < 4.78 is 4.92. The molecule has 5 nitrogen and oxygen atoms in total. The number of nitrogens with zero attached hydrogens (tertiary/aromatic N) is 1. The molecule has 0 unspecified atom stereocenters. The fraction of sp³-hybridized carbons (Fsp3) is 0.455. The van der Waals surface area contributed by atoms with E-state index < -0.39 is 0 Å². The monoisotopic (exact) mass is 223 g/mol. The smallest absolute Gasteiger partial charge is 0.319 e. The zero-order valence-electron chi connectivity index (χ0n) is 10.00. The van der Waals surface area contributed by atoms with Crippen molar-refractivity contribution in [3.63, 3.8) is 0 Å². The largest absolute Gasteiger partial charge is 0.481 e. The highest BCUT2D eigenvalue weighted by Crippen LogP contribution is 2.11. The highest BCUT2D eigenvalue weighted by molar-refractivity contribution is 5.89. The average Bonchev–Trinajstić information content (AvgIpc) is 2.16. The number of hydrogen-bond donors (Lipinski definition) is 2. The van der Waals surface area contributed by atoms with Crippen LogP contribution in [0.3, 0.4) is 0 Å². The molecule has 88 valence electrons.